The van der Waals surface area contributed by atoms with E-state index in [1.54, 1.807) is 32.0 Å². The molecule has 1 amide bonds. The van der Waals surface area contributed by atoms with E-state index >= 15 is 0 Å². The predicted octanol–water partition coefficient (Wildman–Crippen LogP) is 3.72. The van der Waals surface area contributed by atoms with E-state index < -0.39 is 22.6 Å². The third-order valence-corrected chi connectivity index (χ3v) is 4.28. The number of carbonyl (C=O) groups is 1. The average Bonchev–Trinajstić information content (AvgIpc) is 2.62. The summed E-state index contributed by atoms with van der Waals surface area (Å²) < 4.78 is 10.8. The third-order valence-electron chi connectivity index (χ3n) is 4.28. The minimum Gasteiger partial charge on any atom is -0.481 e. The highest BCUT2D eigenvalue weighted by Crippen LogP contribution is 2.24. The van der Waals surface area contributed by atoms with Crippen LogP contribution in [-0.4, -0.2) is 16.9 Å². The molecule has 8 nitrogen and oxygen atoms in total. The molecule has 3 aromatic rings. The minimum absolute atomic E-state index is 0.0484. The molecule has 0 saturated heterocycles. The molecule has 0 fully saturated rings. The van der Waals surface area contributed by atoms with Crippen molar-refractivity contribution < 1.29 is 18.9 Å². The molecular weight excluding hydrogens is 364 g/mol. The van der Waals surface area contributed by atoms with Crippen molar-refractivity contribution in [2.75, 3.05) is 5.32 Å². The fourth-order valence-electron chi connectivity index (χ4n) is 2.77. The maximum absolute atomic E-state index is 12.4. The number of aryl methyl sites for hydroxylation is 2. The van der Waals surface area contributed by atoms with E-state index in [1.807, 2.05) is 6.92 Å². The summed E-state index contributed by atoms with van der Waals surface area (Å²) in [5.41, 5.74) is 1.69. The van der Waals surface area contributed by atoms with Crippen molar-refractivity contribution in [1.82, 2.24) is 0 Å². The molecule has 1 aromatic heterocycles. The van der Waals surface area contributed by atoms with Crippen molar-refractivity contribution in [1.29, 1.82) is 0 Å². The third kappa shape index (κ3) is 4.01. The molecule has 0 aliphatic rings. The van der Waals surface area contributed by atoms with E-state index in [0.717, 1.165) is 10.9 Å². The lowest BCUT2D eigenvalue weighted by atomic mass is 10.1. The molecule has 1 atom stereocenters. The van der Waals surface area contributed by atoms with Gasteiger partial charge in [0, 0.05) is 35.3 Å². The molecule has 0 aliphatic heterocycles. The average molecular weight is 382 g/mol. The summed E-state index contributed by atoms with van der Waals surface area (Å²) >= 11 is 0. The first-order valence-corrected chi connectivity index (χ1v) is 8.51. The lowest BCUT2D eigenvalue weighted by Crippen LogP contribution is -2.30. The Balaban J connectivity index is 1.75. The Labute approximate surface area is 159 Å². The highest BCUT2D eigenvalue weighted by atomic mass is 16.6. The van der Waals surface area contributed by atoms with Crippen molar-refractivity contribution in [2.45, 2.75) is 26.9 Å². The van der Waals surface area contributed by atoms with E-state index in [-0.39, 0.29) is 5.69 Å². The lowest BCUT2D eigenvalue weighted by molar-refractivity contribution is -0.384. The second kappa shape index (κ2) is 7.51. The molecular formula is C20H18N2O6. The number of benzene rings is 2. The fraction of sp³-hybridized carbons (Fsp3) is 0.200. The van der Waals surface area contributed by atoms with Crippen molar-refractivity contribution in [3.05, 3.63) is 74.1 Å². The van der Waals surface area contributed by atoms with Crippen LogP contribution >= 0.6 is 0 Å². The number of rotatable bonds is 5. The van der Waals surface area contributed by atoms with Gasteiger partial charge in [0.15, 0.2) is 6.10 Å². The summed E-state index contributed by atoms with van der Waals surface area (Å²) in [4.78, 5) is 34.3. The first-order chi connectivity index (χ1) is 13.2. The SMILES string of the molecule is Cc1cc([N+](=O)[O-])ccc1NC(=O)C(C)Oc1ccc2c(C)cc(=O)oc2c1. The lowest BCUT2D eigenvalue weighted by Gasteiger charge is -2.16. The molecule has 0 spiro atoms. The van der Waals surface area contributed by atoms with Crippen molar-refractivity contribution in [2.24, 2.45) is 0 Å². The van der Waals surface area contributed by atoms with Crippen LogP contribution in [0.2, 0.25) is 0 Å². The summed E-state index contributed by atoms with van der Waals surface area (Å²) in [5.74, 6) is -0.0351. The smallest absolute Gasteiger partial charge is 0.336 e. The molecule has 1 N–H and O–H groups in total. The van der Waals surface area contributed by atoms with Gasteiger partial charge in [-0.1, -0.05) is 0 Å². The highest BCUT2D eigenvalue weighted by molar-refractivity contribution is 5.95. The zero-order valence-corrected chi connectivity index (χ0v) is 15.5. The van der Waals surface area contributed by atoms with Gasteiger partial charge in [0.05, 0.1) is 4.92 Å². The standard InChI is InChI=1S/C20H18N2O6/c1-11-9-19(23)28-18-10-15(5-6-16(11)18)27-13(3)20(24)21-17-7-4-14(22(25)26)8-12(17)2/h4-10,13H,1-3H3,(H,21,24). The number of fused-ring (bicyclic) bond motifs is 1. The van der Waals surface area contributed by atoms with Crippen LogP contribution in [0.3, 0.4) is 0 Å². The number of anilines is 1. The maximum Gasteiger partial charge on any atom is 0.336 e. The summed E-state index contributed by atoms with van der Waals surface area (Å²) in [6, 6.07) is 10.6. The van der Waals surface area contributed by atoms with Crippen LogP contribution in [-0.2, 0) is 4.79 Å². The molecule has 0 bridgehead atoms. The Bertz CT molecular complexity index is 1140. The zero-order valence-electron chi connectivity index (χ0n) is 15.5. The molecule has 0 aliphatic carbocycles. The Morgan fingerprint density at radius 1 is 1.14 bits per heavy atom. The number of ether oxygens (including phenoxy) is 1. The number of nitrogens with one attached hydrogen (secondary N) is 1. The van der Waals surface area contributed by atoms with E-state index in [4.69, 9.17) is 9.15 Å². The van der Waals surface area contributed by atoms with E-state index in [0.29, 0.717) is 22.6 Å². The quantitative estimate of drug-likeness (QED) is 0.409. The molecule has 0 saturated carbocycles. The van der Waals surface area contributed by atoms with Crippen molar-refractivity contribution in [3.8, 4) is 5.75 Å². The van der Waals surface area contributed by atoms with Gasteiger partial charge in [0.25, 0.3) is 11.6 Å². The van der Waals surface area contributed by atoms with Gasteiger partial charge in [-0.3, -0.25) is 14.9 Å². The highest BCUT2D eigenvalue weighted by Gasteiger charge is 2.17. The fourth-order valence-corrected chi connectivity index (χ4v) is 2.77. The monoisotopic (exact) mass is 382 g/mol. The van der Waals surface area contributed by atoms with E-state index in [2.05, 4.69) is 5.32 Å². The topological polar surface area (TPSA) is 112 Å². The molecule has 0 radical (unpaired) electrons. The van der Waals surface area contributed by atoms with Crippen LogP contribution in [0.4, 0.5) is 11.4 Å². The second-order valence-corrected chi connectivity index (χ2v) is 6.41. The van der Waals surface area contributed by atoms with Gasteiger partial charge >= 0.3 is 5.63 Å². The van der Waals surface area contributed by atoms with Gasteiger partial charge in [0.1, 0.15) is 11.3 Å². The molecule has 8 heteroatoms. The van der Waals surface area contributed by atoms with Crippen LogP contribution in [0.15, 0.2) is 51.7 Å². The number of amides is 1. The Hall–Kier alpha value is -3.68. The maximum atomic E-state index is 12.4. The van der Waals surface area contributed by atoms with Gasteiger partial charge in [-0.25, -0.2) is 4.79 Å². The molecule has 3 rings (SSSR count). The Morgan fingerprint density at radius 2 is 1.89 bits per heavy atom. The second-order valence-electron chi connectivity index (χ2n) is 6.41. The van der Waals surface area contributed by atoms with Gasteiger partial charge in [-0.2, -0.15) is 0 Å². The minimum atomic E-state index is -0.844. The first kappa shape index (κ1) is 19.1. The van der Waals surface area contributed by atoms with Crippen molar-refractivity contribution in [3.63, 3.8) is 0 Å². The molecule has 144 valence electrons. The number of nitro benzene ring substituents is 1. The Morgan fingerprint density at radius 3 is 2.57 bits per heavy atom. The largest absolute Gasteiger partial charge is 0.481 e. The normalized spacial score (nSPS) is 11.8. The summed E-state index contributed by atoms with van der Waals surface area (Å²) in [5, 5.41) is 14.3. The first-order valence-electron chi connectivity index (χ1n) is 8.51. The Kier molecular flexibility index (Phi) is 5.12. The number of nitro groups is 1. The van der Waals surface area contributed by atoms with Gasteiger partial charge in [-0.15, -0.1) is 0 Å². The summed E-state index contributed by atoms with van der Waals surface area (Å²) in [6.07, 6.45) is -0.844. The van der Waals surface area contributed by atoms with Crippen LogP contribution in [0.5, 0.6) is 5.75 Å². The summed E-state index contributed by atoms with van der Waals surface area (Å²) in [7, 11) is 0. The van der Waals surface area contributed by atoms with Gasteiger partial charge in [0.2, 0.25) is 0 Å². The number of nitrogens with zero attached hydrogens (tertiary/aromatic N) is 1. The number of carbonyl (C=O) groups excluding carboxylic acids is 1. The molecule has 1 heterocycles. The predicted molar refractivity (Wildman–Crippen MR) is 104 cm³/mol. The van der Waals surface area contributed by atoms with Crippen molar-refractivity contribution >= 4 is 28.3 Å². The van der Waals surface area contributed by atoms with E-state index in [9.17, 15) is 19.7 Å². The van der Waals surface area contributed by atoms with Crippen LogP contribution in [0.25, 0.3) is 11.0 Å². The number of hydrogen-bond donors (Lipinski definition) is 1. The van der Waals surface area contributed by atoms with Gasteiger partial charge in [-0.05, 0) is 50.1 Å². The number of hydrogen-bond acceptors (Lipinski definition) is 6. The van der Waals surface area contributed by atoms with Crippen LogP contribution in [0.1, 0.15) is 18.1 Å². The molecule has 28 heavy (non-hydrogen) atoms. The molecule has 2 aromatic carbocycles. The van der Waals surface area contributed by atoms with E-state index in [1.165, 1.54) is 24.3 Å². The van der Waals surface area contributed by atoms with Crippen LogP contribution in [0, 0.1) is 24.0 Å². The molecule has 1 unspecified atom stereocenters. The van der Waals surface area contributed by atoms with Crippen LogP contribution < -0.4 is 15.7 Å². The van der Waals surface area contributed by atoms with Gasteiger partial charge < -0.3 is 14.5 Å². The zero-order chi connectivity index (χ0) is 20.4. The number of non-ortho nitro benzene ring substituents is 1. The summed E-state index contributed by atoms with van der Waals surface area (Å²) in [6.45, 7) is 5.05.